The maximum atomic E-state index is 11.8. The molecule has 1 rings (SSSR count). The van der Waals surface area contributed by atoms with Crippen LogP contribution in [0.1, 0.15) is 0 Å². The van der Waals surface area contributed by atoms with Gasteiger partial charge in [-0.05, 0) is 5.22 Å². The number of alkyl halides is 3. The zero-order valence-electron chi connectivity index (χ0n) is 5.04. The molecule has 1 heterocycles. The Kier molecular flexibility index (Phi) is 1.67. The molecule has 0 saturated carbocycles. The number of halogens is 3. The molecule has 1 aliphatic rings. The van der Waals surface area contributed by atoms with Gasteiger partial charge >= 0.3 is 6.30 Å². The van der Waals surface area contributed by atoms with E-state index in [1.807, 2.05) is 5.43 Å². The first-order valence-electron chi connectivity index (χ1n) is 2.53. The molecule has 11 heavy (non-hydrogen) atoms. The van der Waals surface area contributed by atoms with Crippen LogP contribution in [0.4, 0.5) is 13.2 Å². The van der Waals surface area contributed by atoms with E-state index in [0.29, 0.717) is 0 Å². The first-order chi connectivity index (χ1) is 5.05. The molecule has 0 amide bonds. The average molecular weight is 168 g/mol. The SMILES string of the molecule is O=CC1NN=NN1C(F)(F)F. The summed E-state index contributed by atoms with van der Waals surface area (Å²) in [5, 5.41) is 5.11. The Morgan fingerprint density at radius 2 is 2.18 bits per heavy atom. The monoisotopic (exact) mass is 168 g/mol. The lowest BCUT2D eigenvalue weighted by molar-refractivity contribution is -0.253. The molecule has 1 N–H and O–H groups in total. The standard InChI is InChI=1S/C3H3F3N4O/c4-3(5,6)10-2(1-11)7-8-9-10/h1-2H,(H,7,9). The minimum absolute atomic E-state index is 0.0630. The van der Waals surface area contributed by atoms with Crippen LogP contribution in [0.3, 0.4) is 0 Å². The molecule has 0 aromatic heterocycles. The van der Waals surface area contributed by atoms with E-state index in [1.165, 1.54) is 0 Å². The zero-order valence-corrected chi connectivity index (χ0v) is 5.04. The molecule has 0 aliphatic carbocycles. The van der Waals surface area contributed by atoms with E-state index in [1.54, 1.807) is 0 Å². The third kappa shape index (κ3) is 1.38. The molecule has 0 aromatic rings. The van der Waals surface area contributed by atoms with E-state index in [-0.39, 0.29) is 11.3 Å². The quantitative estimate of drug-likeness (QED) is 0.450. The first kappa shape index (κ1) is 7.76. The Morgan fingerprint density at radius 3 is 2.55 bits per heavy atom. The van der Waals surface area contributed by atoms with E-state index < -0.39 is 12.5 Å². The van der Waals surface area contributed by atoms with Crippen molar-refractivity contribution in [3.05, 3.63) is 0 Å². The van der Waals surface area contributed by atoms with Gasteiger partial charge in [0.25, 0.3) is 0 Å². The Hall–Kier alpha value is -1.34. The molecule has 1 unspecified atom stereocenters. The highest BCUT2D eigenvalue weighted by Crippen LogP contribution is 2.24. The van der Waals surface area contributed by atoms with E-state index in [2.05, 4.69) is 10.4 Å². The van der Waals surface area contributed by atoms with Crippen molar-refractivity contribution < 1.29 is 18.0 Å². The van der Waals surface area contributed by atoms with Gasteiger partial charge in [-0.2, -0.15) is 5.01 Å². The average Bonchev–Trinajstić information content (AvgIpc) is 2.31. The molecule has 8 heteroatoms. The summed E-state index contributed by atoms with van der Waals surface area (Å²) in [6.07, 6.45) is -6.14. The lowest BCUT2D eigenvalue weighted by Crippen LogP contribution is -2.44. The summed E-state index contributed by atoms with van der Waals surface area (Å²) in [4.78, 5) is 9.94. The van der Waals surface area contributed by atoms with Crippen molar-refractivity contribution in [1.82, 2.24) is 10.4 Å². The number of hydrogen-bond acceptors (Lipinski definition) is 5. The second kappa shape index (κ2) is 2.36. The van der Waals surface area contributed by atoms with E-state index in [4.69, 9.17) is 0 Å². The number of nitrogens with zero attached hydrogens (tertiary/aromatic N) is 3. The van der Waals surface area contributed by atoms with Gasteiger partial charge in [-0.15, -0.1) is 13.2 Å². The van der Waals surface area contributed by atoms with Crippen LogP contribution < -0.4 is 5.43 Å². The fraction of sp³-hybridized carbons (Fsp3) is 0.667. The Balaban J connectivity index is 2.71. The number of aldehydes is 1. The van der Waals surface area contributed by atoms with Crippen LogP contribution in [0.25, 0.3) is 0 Å². The molecule has 5 nitrogen and oxygen atoms in total. The lowest BCUT2D eigenvalue weighted by Gasteiger charge is -2.18. The van der Waals surface area contributed by atoms with Gasteiger partial charge in [0, 0.05) is 0 Å². The van der Waals surface area contributed by atoms with Crippen molar-refractivity contribution in [3.8, 4) is 0 Å². The van der Waals surface area contributed by atoms with Gasteiger partial charge in [-0.25, -0.2) is 0 Å². The summed E-state index contributed by atoms with van der Waals surface area (Å²) in [6, 6.07) is 0. The fourth-order valence-corrected chi connectivity index (χ4v) is 0.540. The van der Waals surface area contributed by atoms with Gasteiger partial charge in [0.05, 0.1) is 0 Å². The highest BCUT2D eigenvalue weighted by atomic mass is 19.4. The number of carbonyl (C=O) groups excluding carboxylic acids is 1. The summed E-state index contributed by atoms with van der Waals surface area (Å²) >= 11 is 0. The zero-order chi connectivity index (χ0) is 8.48. The first-order valence-corrected chi connectivity index (χ1v) is 2.53. The van der Waals surface area contributed by atoms with Crippen molar-refractivity contribution in [1.29, 1.82) is 0 Å². The Morgan fingerprint density at radius 1 is 1.55 bits per heavy atom. The largest absolute Gasteiger partial charge is 0.504 e. The second-order valence-corrected chi connectivity index (χ2v) is 1.71. The van der Waals surface area contributed by atoms with Crippen LogP contribution >= 0.6 is 0 Å². The van der Waals surface area contributed by atoms with E-state index >= 15 is 0 Å². The van der Waals surface area contributed by atoms with Gasteiger partial charge in [0.1, 0.15) is 0 Å². The number of carbonyl (C=O) groups is 1. The van der Waals surface area contributed by atoms with Gasteiger partial charge in [0.2, 0.25) is 0 Å². The third-order valence-corrected chi connectivity index (χ3v) is 0.983. The predicted molar refractivity (Wildman–Crippen MR) is 25.7 cm³/mol. The van der Waals surface area contributed by atoms with Gasteiger partial charge in [-0.1, -0.05) is 5.22 Å². The summed E-state index contributed by atoms with van der Waals surface area (Å²) in [7, 11) is 0. The molecule has 0 bridgehead atoms. The van der Waals surface area contributed by atoms with Crippen LogP contribution in [0.15, 0.2) is 10.4 Å². The maximum absolute atomic E-state index is 11.8. The van der Waals surface area contributed by atoms with Crippen molar-refractivity contribution in [3.63, 3.8) is 0 Å². The van der Waals surface area contributed by atoms with Gasteiger partial charge in [0.15, 0.2) is 12.5 Å². The number of rotatable bonds is 1. The summed E-state index contributed by atoms with van der Waals surface area (Å²) < 4.78 is 35.3. The van der Waals surface area contributed by atoms with Crippen LogP contribution in [0.5, 0.6) is 0 Å². The number of nitrogens with one attached hydrogen (secondary N) is 1. The summed E-state index contributed by atoms with van der Waals surface area (Å²) in [5.74, 6) is 0. The lowest BCUT2D eigenvalue weighted by atomic mass is 10.5. The number of hydrogen-bond donors (Lipinski definition) is 1. The van der Waals surface area contributed by atoms with Gasteiger partial charge < -0.3 is 0 Å². The molecule has 0 spiro atoms. The minimum Gasteiger partial charge on any atom is -0.299 e. The Labute approximate surface area is 58.8 Å². The molecule has 0 radical (unpaired) electrons. The van der Waals surface area contributed by atoms with Crippen LogP contribution in [-0.4, -0.2) is 23.8 Å². The van der Waals surface area contributed by atoms with Crippen molar-refractivity contribution in [2.75, 3.05) is 0 Å². The summed E-state index contributed by atoms with van der Waals surface area (Å²) in [6.45, 7) is 0. The fourth-order valence-electron chi connectivity index (χ4n) is 0.540. The highest BCUT2D eigenvalue weighted by molar-refractivity contribution is 5.56. The van der Waals surface area contributed by atoms with Crippen molar-refractivity contribution in [2.45, 2.75) is 12.5 Å². The molecular weight excluding hydrogens is 165 g/mol. The molecule has 62 valence electrons. The van der Waals surface area contributed by atoms with Crippen LogP contribution in [-0.2, 0) is 4.79 Å². The molecule has 0 aromatic carbocycles. The van der Waals surface area contributed by atoms with Crippen molar-refractivity contribution in [2.24, 2.45) is 10.4 Å². The Bertz CT molecular complexity index is 190. The molecule has 1 aliphatic heterocycles. The molecular formula is C3H3F3N4O. The molecule has 0 saturated heterocycles. The maximum Gasteiger partial charge on any atom is 0.504 e. The predicted octanol–water partition coefficient (Wildman–Crippen LogP) is 0.219. The van der Waals surface area contributed by atoms with Crippen LogP contribution in [0.2, 0.25) is 0 Å². The highest BCUT2D eigenvalue weighted by Gasteiger charge is 2.44. The smallest absolute Gasteiger partial charge is 0.299 e. The normalized spacial score (nSPS) is 23.5. The van der Waals surface area contributed by atoms with Crippen LogP contribution in [0, 0.1) is 0 Å². The molecule has 1 atom stereocenters. The van der Waals surface area contributed by atoms with Gasteiger partial charge in [-0.3, -0.25) is 10.2 Å². The van der Waals surface area contributed by atoms with E-state index in [0.717, 1.165) is 0 Å². The van der Waals surface area contributed by atoms with Crippen molar-refractivity contribution >= 4 is 6.29 Å². The second-order valence-electron chi connectivity index (χ2n) is 1.71. The molecule has 0 fully saturated rings. The van der Waals surface area contributed by atoms with E-state index in [9.17, 15) is 18.0 Å². The topological polar surface area (TPSA) is 57.1 Å². The summed E-state index contributed by atoms with van der Waals surface area (Å²) in [5.41, 5.74) is 1.86. The third-order valence-electron chi connectivity index (χ3n) is 0.983. The minimum atomic E-state index is -4.67.